The van der Waals surface area contributed by atoms with E-state index in [1.807, 2.05) is 4.90 Å². The lowest BCUT2D eigenvalue weighted by atomic mass is 10.0. The van der Waals surface area contributed by atoms with Crippen molar-refractivity contribution in [3.63, 3.8) is 0 Å². The number of hydrogen-bond donors (Lipinski definition) is 2. The van der Waals surface area contributed by atoms with Gasteiger partial charge in [0, 0.05) is 13.1 Å². The molecule has 0 aromatic carbocycles. The highest BCUT2D eigenvalue weighted by Gasteiger charge is 2.18. The molecular weight excluding hydrogens is 270 g/mol. The van der Waals surface area contributed by atoms with E-state index in [2.05, 4.69) is 17.2 Å². The van der Waals surface area contributed by atoms with Crippen LogP contribution in [0.25, 0.3) is 0 Å². The number of hydrogen-bond acceptors (Lipinski definition) is 3. The summed E-state index contributed by atoms with van der Waals surface area (Å²) in [4.78, 5) is 28.6. The number of carboxylic acids is 1. The van der Waals surface area contributed by atoms with Crippen LogP contribution in [0.2, 0.25) is 0 Å². The molecular formula is C15H21N3O3. The quantitative estimate of drug-likeness (QED) is 0.895. The third-order valence-electron chi connectivity index (χ3n) is 3.71. The average molecular weight is 291 g/mol. The van der Waals surface area contributed by atoms with Gasteiger partial charge in [-0.15, -0.1) is 0 Å². The Morgan fingerprint density at radius 1 is 1.38 bits per heavy atom. The van der Waals surface area contributed by atoms with Crippen LogP contribution in [0.3, 0.4) is 0 Å². The number of pyridine rings is 1. The fourth-order valence-corrected chi connectivity index (χ4v) is 2.43. The van der Waals surface area contributed by atoms with Crippen molar-refractivity contribution in [3.05, 3.63) is 24.0 Å². The summed E-state index contributed by atoms with van der Waals surface area (Å²) >= 11 is 0. The van der Waals surface area contributed by atoms with E-state index in [9.17, 15) is 9.59 Å². The molecule has 2 heterocycles. The number of aliphatic carboxylic acids is 1. The van der Waals surface area contributed by atoms with Crippen LogP contribution in [0.4, 0.5) is 10.5 Å². The van der Waals surface area contributed by atoms with Crippen LogP contribution < -0.4 is 5.32 Å². The summed E-state index contributed by atoms with van der Waals surface area (Å²) < 4.78 is 0. The molecule has 2 rings (SSSR count). The molecule has 6 nitrogen and oxygen atoms in total. The lowest BCUT2D eigenvalue weighted by molar-refractivity contribution is -0.136. The number of aromatic nitrogens is 1. The highest BCUT2D eigenvalue weighted by Crippen LogP contribution is 2.17. The van der Waals surface area contributed by atoms with E-state index in [1.54, 1.807) is 12.1 Å². The van der Waals surface area contributed by atoms with Gasteiger partial charge in [0.25, 0.3) is 0 Å². The molecule has 2 amide bonds. The van der Waals surface area contributed by atoms with Crippen LogP contribution in [-0.4, -0.2) is 40.1 Å². The third-order valence-corrected chi connectivity index (χ3v) is 3.71. The van der Waals surface area contributed by atoms with Gasteiger partial charge < -0.3 is 15.3 Å². The lowest BCUT2D eigenvalue weighted by Crippen LogP contribution is -2.35. The fraction of sp³-hybridized carbons (Fsp3) is 0.533. The van der Waals surface area contributed by atoms with Gasteiger partial charge in [0.15, 0.2) is 0 Å². The van der Waals surface area contributed by atoms with E-state index in [4.69, 9.17) is 5.11 Å². The van der Waals surface area contributed by atoms with Crippen molar-refractivity contribution in [2.24, 2.45) is 5.92 Å². The zero-order valence-electron chi connectivity index (χ0n) is 12.2. The van der Waals surface area contributed by atoms with Gasteiger partial charge in [-0.1, -0.05) is 6.92 Å². The van der Waals surface area contributed by atoms with Gasteiger partial charge in [-0.2, -0.15) is 0 Å². The molecule has 0 radical (unpaired) electrons. The van der Waals surface area contributed by atoms with E-state index in [-0.39, 0.29) is 12.5 Å². The maximum Gasteiger partial charge on any atom is 0.321 e. The van der Waals surface area contributed by atoms with Gasteiger partial charge in [0.05, 0.1) is 24.0 Å². The number of likely N-dealkylation sites (tertiary alicyclic amines) is 1. The topological polar surface area (TPSA) is 82.5 Å². The number of amides is 2. The fourth-order valence-electron chi connectivity index (χ4n) is 2.43. The minimum atomic E-state index is -0.919. The molecule has 1 aromatic rings. The highest BCUT2D eigenvalue weighted by atomic mass is 16.4. The molecule has 1 saturated heterocycles. The average Bonchev–Trinajstić information content (AvgIpc) is 2.65. The molecule has 0 aliphatic carbocycles. The Kier molecular flexibility index (Phi) is 5.14. The minimum absolute atomic E-state index is 0.113. The normalized spacial score (nSPS) is 18.9. The van der Waals surface area contributed by atoms with Crippen molar-refractivity contribution >= 4 is 17.7 Å². The smallest absolute Gasteiger partial charge is 0.321 e. The molecule has 21 heavy (non-hydrogen) atoms. The van der Waals surface area contributed by atoms with Gasteiger partial charge in [0.2, 0.25) is 0 Å². The van der Waals surface area contributed by atoms with Gasteiger partial charge in [-0.25, -0.2) is 4.79 Å². The molecule has 0 spiro atoms. The molecule has 1 fully saturated rings. The molecule has 1 aromatic heterocycles. The predicted molar refractivity (Wildman–Crippen MR) is 79.2 cm³/mol. The van der Waals surface area contributed by atoms with E-state index in [0.29, 0.717) is 17.3 Å². The SMILES string of the molecule is CC1CCCN(C(=O)Nc2ccc(CC(=O)O)nc2)CC1. The summed E-state index contributed by atoms with van der Waals surface area (Å²) in [5.41, 5.74) is 1.07. The zero-order valence-corrected chi connectivity index (χ0v) is 12.2. The van der Waals surface area contributed by atoms with E-state index in [1.165, 1.54) is 6.20 Å². The number of nitrogens with zero attached hydrogens (tertiary/aromatic N) is 2. The van der Waals surface area contributed by atoms with Gasteiger partial charge in [0.1, 0.15) is 0 Å². The Morgan fingerprint density at radius 2 is 2.19 bits per heavy atom. The summed E-state index contributed by atoms with van der Waals surface area (Å²) in [5, 5.41) is 11.5. The molecule has 2 N–H and O–H groups in total. The number of nitrogens with one attached hydrogen (secondary N) is 1. The number of carbonyl (C=O) groups is 2. The second-order valence-electron chi connectivity index (χ2n) is 5.56. The van der Waals surface area contributed by atoms with Crippen molar-refractivity contribution in [2.75, 3.05) is 18.4 Å². The largest absolute Gasteiger partial charge is 0.481 e. The first-order valence-electron chi connectivity index (χ1n) is 7.27. The highest BCUT2D eigenvalue weighted by molar-refractivity contribution is 5.89. The first kappa shape index (κ1) is 15.3. The minimum Gasteiger partial charge on any atom is -0.481 e. The number of carbonyl (C=O) groups excluding carboxylic acids is 1. The molecule has 1 atom stereocenters. The van der Waals surface area contributed by atoms with Crippen LogP contribution in [0.1, 0.15) is 31.9 Å². The third kappa shape index (κ3) is 4.73. The summed E-state index contributed by atoms with van der Waals surface area (Å²) in [6, 6.07) is 3.19. The first-order valence-corrected chi connectivity index (χ1v) is 7.27. The predicted octanol–water partition coefficient (Wildman–Crippen LogP) is 2.36. The van der Waals surface area contributed by atoms with E-state index < -0.39 is 5.97 Å². The molecule has 0 saturated carbocycles. The monoisotopic (exact) mass is 291 g/mol. The number of carboxylic acid groups (broad SMARTS) is 1. The summed E-state index contributed by atoms with van der Waals surface area (Å²) in [6.45, 7) is 3.77. The van der Waals surface area contributed by atoms with E-state index >= 15 is 0 Å². The Labute approximate surface area is 124 Å². The Morgan fingerprint density at radius 3 is 2.86 bits per heavy atom. The summed E-state index contributed by atoms with van der Waals surface area (Å²) in [5.74, 6) is -0.252. The first-order chi connectivity index (χ1) is 10.0. The molecule has 114 valence electrons. The standard InChI is InChI=1S/C15H21N3O3/c1-11-3-2-7-18(8-6-11)15(21)17-13-5-4-12(16-10-13)9-14(19)20/h4-5,10-11H,2-3,6-9H2,1H3,(H,17,21)(H,19,20). The van der Waals surface area contributed by atoms with Crippen molar-refractivity contribution < 1.29 is 14.7 Å². The second-order valence-corrected chi connectivity index (χ2v) is 5.56. The van der Waals surface area contributed by atoms with Gasteiger partial charge in [-0.05, 0) is 37.3 Å². The van der Waals surface area contributed by atoms with Crippen molar-refractivity contribution in [3.8, 4) is 0 Å². The van der Waals surface area contributed by atoms with Crippen molar-refractivity contribution in [1.82, 2.24) is 9.88 Å². The van der Waals surface area contributed by atoms with Crippen LogP contribution >= 0.6 is 0 Å². The van der Waals surface area contributed by atoms with Crippen molar-refractivity contribution in [2.45, 2.75) is 32.6 Å². The van der Waals surface area contributed by atoms with Crippen LogP contribution in [0.5, 0.6) is 0 Å². The molecule has 0 bridgehead atoms. The lowest BCUT2D eigenvalue weighted by Gasteiger charge is -2.20. The number of urea groups is 1. The van der Waals surface area contributed by atoms with Gasteiger partial charge in [-0.3, -0.25) is 9.78 Å². The molecule has 1 aliphatic rings. The Hall–Kier alpha value is -2.11. The summed E-state index contributed by atoms with van der Waals surface area (Å²) in [6.07, 6.45) is 4.61. The van der Waals surface area contributed by atoms with Crippen LogP contribution in [-0.2, 0) is 11.2 Å². The van der Waals surface area contributed by atoms with Crippen LogP contribution in [0, 0.1) is 5.92 Å². The second kappa shape index (κ2) is 7.06. The maximum absolute atomic E-state index is 12.2. The molecule has 6 heteroatoms. The number of anilines is 1. The Balaban J connectivity index is 1.91. The van der Waals surface area contributed by atoms with Crippen molar-refractivity contribution in [1.29, 1.82) is 0 Å². The van der Waals surface area contributed by atoms with E-state index in [0.717, 1.165) is 32.4 Å². The summed E-state index contributed by atoms with van der Waals surface area (Å²) in [7, 11) is 0. The molecule has 1 aliphatic heterocycles. The van der Waals surface area contributed by atoms with Crippen LogP contribution in [0.15, 0.2) is 18.3 Å². The number of rotatable bonds is 3. The molecule has 1 unspecified atom stereocenters. The van der Waals surface area contributed by atoms with Gasteiger partial charge >= 0.3 is 12.0 Å². The maximum atomic E-state index is 12.2. The Bertz CT molecular complexity index is 501. The zero-order chi connectivity index (χ0) is 15.2.